The minimum atomic E-state index is 0.00194. The molecule has 0 unspecified atom stereocenters. The molecule has 2 aromatic rings. The van der Waals surface area contributed by atoms with E-state index in [0.29, 0.717) is 12.0 Å². The predicted octanol–water partition coefficient (Wildman–Crippen LogP) is 2.77. The Balaban J connectivity index is 1.37. The Morgan fingerprint density at radius 1 is 1.35 bits per heavy atom. The molecule has 0 aromatic carbocycles. The first-order valence-electron chi connectivity index (χ1n) is 8.24. The number of nitrogens with zero attached hydrogens (tertiary/aromatic N) is 3. The molecule has 23 heavy (non-hydrogen) atoms. The van der Waals surface area contributed by atoms with E-state index in [0.717, 1.165) is 32.5 Å². The summed E-state index contributed by atoms with van der Waals surface area (Å²) >= 11 is 1.84. The number of anilines is 1. The number of rotatable bonds is 4. The molecule has 1 N–H and O–H groups in total. The largest absolute Gasteiger partial charge is 0.371 e. The molecule has 6 heteroatoms. The van der Waals surface area contributed by atoms with Crippen LogP contribution >= 0.6 is 11.3 Å². The van der Waals surface area contributed by atoms with Gasteiger partial charge in [-0.1, -0.05) is 6.07 Å². The minimum absolute atomic E-state index is 0.00194. The average molecular weight is 330 g/mol. The van der Waals surface area contributed by atoms with E-state index >= 15 is 0 Å². The first-order valence-corrected chi connectivity index (χ1v) is 9.12. The van der Waals surface area contributed by atoms with Crippen molar-refractivity contribution in [2.75, 3.05) is 25.0 Å². The highest BCUT2D eigenvalue weighted by atomic mass is 32.1. The van der Waals surface area contributed by atoms with Gasteiger partial charge < -0.3 is 10.1 Å². The zero-order valence-corrected chi connectivity index (χ0v) is 14.0. The van der Waals surface area contributed by atoms with Crippen LogP contribution in [0.4, 0.5) is 5.95 Å². The molecule has 2 aromatic heterocycles. The number of hydrogen-bond donors (Lipinski definition) is 1. The summed E-state index contributed by atoms with van der Waals surface area (Å²) in [7, 11) is 0. The number of nitrogens with one attached hydrogen (secondary N) is 1. The van der Waals surface area contributed by atoms with Crippen molar-refractivity contribution < 1.29 is 4.74 Å². The van der Waals surface area contributed by atoms with Crippen LogP contribution in [0, 0.1) is 0 Å². The average Bonchev–Trinajstić information content (AvgIpc) is 3.19. The maximum atomic E-state index is 6.26. The van der Waals surface area contributed by atoms with Crippen LogP contribution in [0.5, 0.6) is 0 Å². The Hall–Kier alpha value is -1.50. The van der Waals surface area contributed by atoms with Crippen molar-refractivity contribution >= 4 is 17.3 Å². The molecule has 4 heterocycles. The fourth-order valence-electron chi connectivity index (χ4n) is 3.73. The van der Waals surface area contributed by atoms with Crippen LogP contribution in [-0.4, -0.2) is 46.2 Å². The third kappa shape index (κ3) is 3.54. The SMILES string of the molecule is c1cnc(N[C@@H]2CO[C@]3(CCCN(Cc4cccs4)C3)C2)nc1. The molecular formula is C17H22N4OS. The number of aromatic nitrogens is 2. The Kier molecular flexibility index (Phi) is 4.29. The molecule has 2 fully saturated rings. The summed E-state index contributed by atoms with van der Waals surface area (Å²) in [6.07, 6.45) is 6.93. The molecule has 5 nitrogen and oxygen atoms in total. The van der Waals surface area contributed by atoms with E-state index in [-0.39, 0.29) is 5.60 Å². The summed E-state index contributed by atoms with van der Waals surface area (Å²) in [6, 6.07) is 6.49. The lowest BCUT2D eigenvalue weighted by atomic mass is 9.88. The molecule has 4 rings (SSSR count). The maximum absolute atomic E-state index is 6.26. The van der Waals surface area contributed by atoms with Crippen LogP contribution in [0.25, 0.3) is 0 Å². The van der Waals surface area contributed by atoms with Crippen molar-refractivity contribution in [1.29, 1.82) is 0 Å². The van der Waals surface area contributed by atoms with E-state index in [1.165, 1.54) is 17.8 Å². The van der Waals surface area contributed by atoms with E-state index in [4.69, 9.17) is 4.74 Å². The highest BCUT2D eigenvalue weighted by Gasteiger charge is 2.43. The van der Waals surface area contributed by atoms with Crippen LogP contribution in [0.15, 0.2) is 36.0 Å². The van der Waals surface area contributed by atoms with Gasteiger partial charge in [-0.3, -0.25) is 4.90 Å². The van der Waals surface area contributed by atoms with Crippen LogP contribution in [-0.2, 0) is 11.3 Å². The number of ether oxygens (including phenoxy) is 1. The van der Waals surface area contributed by atoms with Gasteiger partial charge in [0.15, 0.2) is 0 Å². The van der Waals surface area contributed by atoms with Crippen molar-refractivity contribution in [3.8, 4) is 0 Å². The third-order valence-corrected chi connectivity index (χ3v) is 5.55. The second kappa shape index (κ2) is 6.55. The molecule has 0 amide bonds. The van der Waals surface area contributed by atoms with Gasteiger partial charge in [-0.05, 0) is 36.9 Å². The van der Waals surface area contributed by atoms with Crippen molar-refractivity contribution in [2.24, 2.45) is 0 Å². The summed E-state index contributed by atoms with van der Waals surface area (Å²) < 4.78 is 6.26. The molecular weight excluding hydrogens is 308 g/mol. The van der Waals surface area contributed by atoms with Gasteiger partial charge in [0, 0.05) is 36.8 Å². The zero-order chi connectivity index (χ0) is 15.5. The lowest BCUT2D eigenvalue weighted by molar-refractivity contribution is -0.0531. The van der Waals surface area contributed by atoms with Gasteiger partial charge in [-0.25, -0.2) is 9.97 Å². The van der Waals surface area contributed by atoms with Gasteiger partial charge in [-0.15, -0.1) is 11.3 Å². The van der Waals surface area contributed by atoms with Crippen LogP contribution in [0.2, 0.25) is 0 Å². The number of thiophene rings is 1. The monoisotopic (exact) mass is 330 g/mol. The van der Waals surface area contributed by atoms with E-state index in [2.05, 4.69) is 37.7 Å². The van der Waals surface area contributed by atoms with Crippen LogP contribution in [0.1, 0.15) is 24.1 Å². The van der Waals surface area contributed by atoms with Crippen molar-refractivity contribution in [2.45, 2.75) is 37.5 Å². The summed E-state index contributed by atoms with van der Waals surface area (Å²) in [4.78, 5) is 12.5. The van der Waals surface area contributed by atoms with E-state index in [1.807, 2.05) is 17.4 Å². The molecule has 2 atom stereocenters. The Morgan fingerprint density at radius 2 is 2.26 bits per heavy atom. The summed E-state index contributed by atoms with van der Waals surface area (Å²) in [5, 5.41) is 5.56. The van der Waals surface area contributed by atoms with Gasteiger partial charge in [0.25, 0.3) is 0 Å². The molecule has 2 aliphatic heterocycles. The molecule has 122 valence electrons. The van der Waals surface area contributed by atoms with E-state index in [9.17, 15) is 0 Å². The molecule has 2 aliphatic rings. The fourth-order valence-corrected chi connectivity index (χ4v) is 4.47. The van der Waals surface area contributed by atoms with E-state index < -0.39 is 0 Å². The van der Waals surface area contributed by atoms with Crippen LogP contribution < -0.4 is 5.32 Å². The maximum Gasteiger partial charge on any atom is 0.222 e. The van der Waals surface area contributed by atoms with Gasteiger partial charge in [0.05, 0.1) is 18.2 Å². The first-order chi connectivity index (χ1) is 11.3. The van der Waals surface area contributed by atoms with Crippen molar-refractivity contribution in [3.05, 3.63) is 40.8 Å². The minimum Gasteiger partial charge on any atom is -0.371 e. The van der Waals surface area contributed by atoms with Gasteiger partial charge in [0.2, 0.25) is 5.95 Å². The molecule has 2 saturated heterocycles. The third-order valence-electron chi connectivity index (χ3n) is 4.69. The molecule has 1 spiro atoms. The van der Waals surface area contributed by atoms with Gasteiger partial charge in [0.1, 0.15) is 0 Å². The van der Waals surface area contributed by atoms with Crippen LogP contribution in [0.3, 0.4) is 0 Å². The normalized spacial score (nSPS) is 28.3. The van der Waals surface area contributed by atoms with Gasteiger partial charge in [-0.2, -0.15) is 0 Å². The summed E-state index contributed by atoms with van der Waals surface area (Å²) in [6.45, 7) is 3.98. The molecule has 0 radical (unpaired) electrons. The van der Waals surface area contributed by atoms with E-state index in [1.54, 1.807) is 12.4 Å². The quantitative estimate of drug-likeness (QED) is 0.934. The zero-order valence-electron chi connectivity index (χ0n) is 13.1. The smallest absolute Gasteiger partial charge is 0.222 e. The number of hydrogen-bond acceptors (Lipinski definition) is 6. The second-order valence-electron chi connectivity index (χ2n) is 6.51. The molecule has 0 saturated carbocycles. The molecule has 0 bridgehead atoms. The predicted molar refractivity (Wildman–Crippen MR) is 91.6 cm³/mol. The fraction of sp³-hybridized carbons (Fsp3) is 0.529. The topological polar surface area (TPSA) is 50.3 Å². The second-order valence-corrected chi connectivity index (χ2v) is 7.54. The molecule has 0 aliphatic carbocycles. The van der Waals surface area contributed by atoms with Crippen molar-refractivity contribution in [1.82, 2.24) is 14.9 Å². The number of piperidine rings is 1. The Labute approximate surface area is 140 Å². The number of likely N-dealkylation sites (tertiary alicyclic amines) is 1. The standard InChI is InChI=1S/C17H22N4OS/c1-4-15(23-9-1)11-21-8-2-5-17(13-21)10-14(12-22-17)20-16-18-6-3-7-19-16/h1,3-4,6-7,9,14H,2,5,8,10-13H2,(H,18,19,20)/t14-,17+/m0/s1. The highest BCUT2D eigenvalue weighted by molar-refractivity contribution is 7.09. The Morgan fingerprint density at radius 3 is 3.09 bits per heavy atom. The lowest BCUT2D eigenvalue weighted by Gasteiger charge is -2.39. The summed E-state index contributed by atoms with van der Waals surface area (Å²) in [5.74, 6) is 0.699. The van der Waals surface area contributed by atoms with Crippen molar-refractivity contribution in [3.63, 3.8) is 0 Å². The summed E-state index contributed by atoms with van der Waals surface area (Å²) in [5.41, 5.74) is 0.00194. The highest BCUT2D eigenvalue weighted by Crippen LogP contribution is 2.36. The lowest BCUT2D eigenvalue weighted by Crippen LogP contribution is -2.47. The Bertz CT molecular complexity index is 621. The first kappa shape index (κ1) is 15.1. The van der Waals surface area contributed by atoms with Gasteiger partial charge >= 0.3 is 0 Å².